The third kappa shape index (κ3) is 6.88. The highest BCUT2D eigenvalue weighted by molar-refractivity contribution is 6.03. The van der Waals surface area contributed by atoms with Crippen LogP contribution in [0, 0.1) is 0 Å². The number of nitrogens with zero attached hydrogens (tertiary/aromatic N) is 4. The molecule has 2 aliphatic heterocycles. The van der Waals surface area contributed by atoms with E-state index in [0.717, 1.165) is 26.1 Å². The number of carbonyl (C=O) groups excluding carboxylic acids is 1. The highest BCUT2D eigenvalue weighted by Crippen LogP contribution is 2.42. The van der Waals surface area contributed by atoms with Crippen LogP contribution in [-0.4, -0.2) is 48.0 Å². The number of likely N-dealkylation sites (tertiary alicyclic amines) is 1. The number of hydrogen-bond acceptors (Lipinski definition) is 4. The zero-order chi connectivity index (χ0) is 35.3. The third-order valence-electron chi connectivity index (χ3n) is 9.67. The van der Waals surface area contributed by atoms with E-state index >= 15 is 0 Å². The molecule has 4 aromatic rings. The van der Waals surface area contributed by atoms with E-state index in [1.165, 1.54) is 37.6 Å². The highest BCUT2D eigenvalue weighted by atomic mass is 19.4. The van der Waals surface area contributed by atoms with Crippen LogP contribution >= 0.6 is 0 Å². The van der Waals surface area contributed by atoms with Gasteiger partial charge in [0.25, 0.3) is 0 Å². The molecule has 6 rings (SSSR count). The van der Waals surface area contributed by atoms with Crippen LogP contribution in [-0.2, 0) is 35.8 Å². The second kappa shape index (κ2) is 12.8. The molecule has 3 aromatic carbocycles. The van der Waals surface area contributed by atoms with Crippen molar-refractivity contribution in [3.63, 3.8) is 0 Å². The minimum absolute atomic E-state index is 0.0432. The number of anilines is 2. The van der Waals surface area contributed by atoms with Gasteiger partial charge in [0.1, 0.15) is 12.5 Å². The molecule has 1 amide bonds. The van der Waals surface area contributed by atoms with Crippen molar-refractivity contribution in [1.82, 2.24) is 9.88 Å². The van der Waals surface area contributed by atoms with E-state index in [9.17, 15) is 35.5 Å². The van der Waals surface area contributed by atoms with Gasteiger partial charge in [0, 0.05) is 44.3 Å². The molecule has 2 bridgehead atoms. The van der Waals surface area contributed by atoms with E-state index < -0.39 is 47.0 Å². The lowest BCUT2D eigenvalue weighted by atomic mass is 9.81. The Labute approximate surface area is 280 Å². The van der Waals surface area contributed by atoms with Crippen LogP contribution < -0.4 is 9.80 Å². The number of rotatable bonds is 8. The van der Waals surface area contributed by atoms with Crippen molar-refractivity contribution in [3.05, 3.63) is 113 Å². The van der Waals surface area contributed by atoms with Gasteiger partial charge in [0.2, 0.25) is 5.91 Å². The largest absolute Gasteiger partial charge is 0.416 e. The van der Waals surface area contributed by atoms with Crippen molar-refractivity contribution in [2.24, 2.45) is 0 Å². The van der Waals surface area contributed by atoms with Gasteiger partial charge < -0.3 is 9.80 Å². The van der Waals surface area contributed by atoms with Crippen LogP contribution in [0.5, 0.6) is 0 Å². The summed E-state index contributed by atoms with van der Waals surface area (Å²) in [5.74, 6) is -0.0686. The summed E-state index contributed by atoms with van der Waals surface area (Å²) >= 11 is 0. The number of alkyl halides is 7. The summed E-state index contributed by atoms with van der Waals surface area (Å²) in [5.41, 5.74) is -2.05. The molecule has 12 heteroatoms. The monoisotopic (exact) mass is 684 g/mol. The Bertz CT molecular complexity index is 1790. The minimum Gasteiger partial charge on any atom is -0.351 e. The molecular weight excluding hydrogens is 649 g/mol. The fourth-order valence-electron chi connectivity index (χ4n) is 6.88. The second-order valence-electron chi connectivity index (χ2n) is 13.3. The van der Waals surface area contributed by atoms with Crippen LogP contribution in [0.1, 0.15) is 48.1 Å². The van der Waals surface area contributed by atoms with E-state index in [4.69, 9.17) is 4.98 Å². The van der Waals surface area contributed by atoms with E-state index in [1.807, 2.05) is 24.3 Å². The molecule has 2 saturated heterocycles. The summed E-state index contributed by atoms with van der Waals surface area (Å²) in [7, 11) is 1.41. The number of aromatic nitrogens is 1. The molecule has 5 nitrogen and oxygen atoms in total. The highest BCUT2D eigenvalue weighted by Gasteiger charge is 2.44. The predicted molar refractivity (Wildman–Crippen MR) is 174 cm³/mol. The molecule has 258 valence electrons. The van der Waals surface area contributed by atoms with E-state index in [0.29, 0.717) is 46.4 Å². The number of benzene rings is 3. The average molecular weight is 685 g/mol. The van der Waals surface area contributed by atoms with Gasteiger partial charge in [-0.1, -0.05) is 54.6 Å². The molecule has 0 saturated carbocycles. The lowest BCUT2D eigenvalue weighted by Crippen LogP contribution is -2.46. The SMILES string of the molecule is CN(C(=O)C(C)(C)c1cc(C(F)(F)F)cc(C(F)(F)F)c1)c1cnc(N2C[C@@H]3C[C@H]2CN3Cc2ccccc2)cc1-c1ccc(CF)cc1. The van der Waals surface area contributed by atoms with E-state index in [1.54, 1.807) is 24.3 Å². The van der Waals surface area contributed by atoms with Crippen molar-refractivity contribution in [2.45, 2.75) is 63.3 Å². The number of pyridine rings is 1. The Morgan fingerprint density at radius 3 is 1.98 bits per heavy atom. The standard InChI is InChI=1S/C37H35F7N4O/c1-35(2,26-13-27(36(39,40)41)15-28(14-26)37(42,43)44)34(49)46(3)32-19-45-33(17-31(32)25-11-9-23(18-38)10-12-25)48-22-29-16-30(48)21-47(29)20-24-7-5-4-6-8-24/h4-15,17,19,29-30H,16,18,20-22H2,1-3H3/t29-,30-/m0/s1. The molecule has 0 spiro atoms. The number of amides is 1. The van der Waals surface area contributed by atoms with Crippen LogP contribution in [0.15, 0.2) is 85.1 Å². The molecule has 49 heavy (non-hydrogen) atoms. The van der Waals surface area contributed by atoms with Gasteiger partial charge in [-0.05, 0) is 66.8 Å². The predicted octanol–water partition coefficient (Wildman–Crippen LogP) is 8.66. The smallest absolute Gasteiger partial charge is 0.351 e. The molecule has 2 atom stereocenters. The molecule has 2 fully saturated rings. The van der Waals surface area contributed by atoms with Gasteiger partial charge in [0.15, 0.2) is 0 Å². The summed E-state index contributed by atoms with van der Waals surface area (Å²) in [6.07, 6.45) is -7.66. The van der Waals surface area contributed by atoms with Crippen molar-refractivity contribution < 1.29 is 35.5 Å². The second-order valence-corrected chi connectivity index (χ2v) is 13.3. The lowest BCUT2D eigenvalue weighted by molar-refractivity contribution is -0.143. The first-order valence-electron chi connectivity index (χ1n) is 15.8. The third-order valence-corrected chi connectivity index (χ3v) is 9.67. The molecule has 3 heterocycles. The molecular formula is C37H35F7N4O. The van der Waals surface area contributed by atoms with Crippen LogP contribution in [0.25, 0.3) is 11.1 Å². The fraction of sp³-hybridized carbons (Fsp3) is 0.351. The maximum atomic E-state index is 14.1. The molecule has 0 aliphatic carbocycles. The summed E-state index contributed by atoms with van der Waals surface area (Å²) in [6.45, 7) is 4.33. The van der Waals surface area contributed by atoms with Gasteiger partial charge in [-0.2, -0.15) is 26.3 Å². The average Bonchev–Trinajstić information content (AvgIpc) is 3.68. The van der Waals surface area contributed by atoms with E-state index in [-0.39, 0.29) is 12.1 Å². The summed E-state index contributed by atoms with van der Waals surface area (Å²) in [6, 6.07) is 20.5. The van der Waals surface area contributed by atoms with Crippen LogP contribution in [0.2, 0.25) is 0 Å². The fourth-order valence-corrected chi connectivity index (χ4v) is 6.88. The number of piperazine rings is 1. The quantitative estimate of drug-likeness (QED) is 0.174. The van der Waals surface area contributed by atoms with Gasteiger partial charge in [-0.25, -0.2) is 9.37 Å². The molecule has 0 N–H and O–H groups in total. The Morgan fingerprint density at radius 2 is 1.43 bits per heavy atom. The van der Waals surface area contributed by atoms with Crippen molar-refractivity contribution in [3.8, 4) is 11.1 Å². The zero-order valence-electron chi connectivity index (χ0n) is 27.1. The Hall–Kier alpha value is -4.45. The first kappa shape index (κ1) is 34.4. The maximum Gasteiger partial charge on any atom is 0.416 e. The Kier molecular flexibility index (Phi) is 8.98. The van der Waals surface area contributed by atoms with Crippen molar-refractivity contribution in [2.75, 3.05) is 29.9 Å². The van der Waals surface area contributed by atoms with Crippen LogP contribution in [0.3, 0.4) is 0 Å². The molecule has 1 aromatic heterocycles. The van der Waals surface area contributed by atoms with Crippen molar-refractivity contribution in [1.29, 1.82) is 0 Å². The van der Waals surface area contributed by atoms with E-state index in [2.05, 4.69) is 21.9 Å². The maximum absolute atomic E-state index is 14.1. The van der Waals surface area contributed by atoms with Crippen molar-refractivity contribution >= 4 is 17.4 Å². The van der Waals surface area contributed by atoms with Gasteiger partial charge in [-0.15, -0.1) is 0 Å². The molecule has 0 unspecified atom stereocenters. The summed E-state index contributed by atoms with van der Waals surface area (Å²) in [5, 5.41) is 0. The molecule has 2 aliphatic rings. The first-order valence-corrected chi connectivity index (χ1v) is 15.8. The number of carbonyl (C=O) groups is 1. The number of likely N-dealkylation sites (N-methyl/N-ethyl adjacent to an activating group) is 1. The zero-order valence-corrected chi connectivity index (χ0v) is 27.1. The summed E-state index contributed by atoms with van der Waals surface area (Å²) < 4.78 is 95.5. The Balaban J connectivity index is 1.33. The lowest BCUT2D eigenvalue weighted by Gasteiger charge is -2.36. The summed E-state index contributed by atoms with van der Waals surface area (Å²) in [4.78, 5) is 24.7. The van der Waals surface area contributed by atoms with Gasteiger partial charge in [0.05, 0.1) is 28.4 Å². The van der Waals surface area contributed by atoms with Gasteiger partial charge >= 0.3 is 12.4 Å². The number of fused-ring (bicyclic) bond motifs is 2. The normalized spacial score (nSPS) is 18.3. The first-order chi connectivity index (χ1) is 23.1. The number of halogens is 7. The van der Waals surface area contributed by atoms with Crippen LogP contribution in [0.4, 0.5) is 42.2 Å². The Morgan fingerprint density at radius 1 is 0.816 bits per heavy atom. The number of hydrogen-bond donors (Lipinski definition) is 0. The topological polar surface area (TPSA) is 39.7 Å². The van der Waals surface area contributed by atoms with Gasteiger partial charge in [-0.3, -0.25) is 9.69 Å². The minimum atomic E-state index is -5.06. The molecule has 0 radical (unpaired) electrons.